The molecule has 0 fully saturated rings. The summed E-state index contributed by atoms with van der Waals surface area (Å²) >= 11 is 0. The summed E-state index contributed by atoms with van der Waals surface area (Å²) in [5, 5.41) is 3.66. The van der Waals surface area contributed by atoms with Gasteiger partial charge in [-0.1, -0.05) is 30.9 Å². The number of hydrogen-bond donors (Lipinski definition) is 0. The highest BCUT2D eigenvalue weighted by Gasteiger charge is 2.21. The molecular weight excluding hydrogens is 330 g/mol. The van der Waals surface area contributed by atoms with Gasteiger partial charge in [0.2, 0.25) is 0 Å². The molecule has 0 bridgehead atoms. The van der Waals surface area contributed by atoms with E-state index in [1.165, 1.54) is 6.92 Å². The number of ketones is 2. The number of benzene rings is 1. The zero-order valence-electron chi connectivity index (χ0n) is 13.7. The van der Waals surface area contributed by atoms with Gasteiger partial charge in [-0.25, -0.2) is 4.68 Å². The third kappa shape index (κ3) is 4.82. The monoisotopic (exact) mass is 348 g/mol. The topological polar surface area (TPSA) is 61.2 Å². The lowest BCUT2D eigenvalue weighted by molar-refractivity contribution is -0.116. The van der Waals surface area contributed by atoms with Crippen molar-refractivity contribution in [1.29, 1.82) is 0 Å². The maximum Gasteiger partial charge on any atom is 0.333 e. The van der Waals surface area contributed by atoms with Crippen LogP contribution in [-0.2, 0) is 11.2 Å². The number of ether oxygens (including phenoxy) is 1. The van der Waals surface area contributed by atoms with Crippen LogP contribution in [0.3, 0.4) is 0 Å². The van der Waals surface area contributed by atoms with Crippen LogP contribution < -0.4 is 4.74 Å². The summed E-state index contributed by atoms with van der Waals surface area (Å²) in [6.07, 6.45) is 2.52. The van der Waals surface area contributed by atoms with E-state index in [2.05, 4.69) is 11.7 Å². The SMILES string of the molecule is C=CCOc1ccccc1Cc1cn(C(F)F)nc1C(=O)CC(C)=O. The Hall–Kier alpha value is -2.83. The first-order chi connectivity index (χ1) is 11.9. The summed E-state index contributed by atoms with van der Waals surface area (Å²) in [7, 11) is 0. The number of carbonyl (C=O) groups excluding carboxylic acids is 2. The molecular formula is C18H18F2N2O3. The molecule has 0 aliphatic heterocycles. The average molecular weight is 348 g/mol. The maximum atomic E-state index is 13.0. The van der Waals surface area contributed by atoms with Crippen LogP contribution in [-0.4, -0.2) is 28.0 Å². The van der Waals surface area contributed by atoms with Crippen LogP contribution in [0.5, 0.6) is 5.75 Å². The minimum Gasteiger partial charge on any atom is -0.489 e. The van der Waals surface area contributed by atoms with E-state index in [1.54, 1.807) is 30.3 Å². The van der Waals surface area contributed by atoms with E-state index in [0.29, 0.717) is 22.6 Å². The standard InChI is InChI=1S/C18H18F2N2O3/c1-3-8-25-16-7-5-4-6-13(16)10-14-11-22(18(19)20)21-17(14)15(24)9-12(2)23/h3-7,11,18H,1,8-10H2,2H3. The molecule has 0 N–H and O–H groups in total. The van der Waals surface area contributed by atoms with Gasteiger partial charge < -0.3 is 4.74 Å². The summed E-state index contributed by atoms with van der Waals surface area (Å²) in [4.78, 5) is 23.4. The molecule has 0 saturated carbocycles. The molecule has 0 spiro atoms. The van der Waals surface area contributed by atoms with Crippen molar-refractivity contribution in [1.82, 2.24) is 9.78 Å². The highest BCUT2D eigenvalue weighted by Crippen LogP contribution is 2.24. The Labute approximate surface area is 143 Å². The number of rotatable bonds is 9. The minimum absolute atomic E-state index is 0.117. The first-order valence-corrected chi connectivity index (χ1v) is 7.62. The molecule has 0 unspecified atom stereocenters. The van der Waals surface area contributed by atoms with Gasteiger partial charge in [0.05, 0.1) is 6.42 Å². The highest BCUT2D eigenvalue weighted by atomic mass is 19.3. The third-order valence-corrected chi connectivity index (χ3v) is 3.39. The van der Waals surface area contributed by atoms with Crippen molar-refractivity contribution >= 4 is 11.6 Å². The number of aromatic nitrogens is 2. The summed E-state index contributed by atoms with van der Waals surface area (Å²) in [6, 6.07) is 7.09. The van der Waals surface area contributed by atoms with Crippen LogP contribution in [0.2, 0.25) is 0 Å². The molecule has 0 radical (unpaired) electrons. The van der Waals surface area contributed by atoms with Gasteiger partial charge in [-0.05, 0) is 18.6 Å². The summed E-state index contributed by atoms with van der Waals surface area (Å²) < 4.78 is 31.9. The molecule has 25 heavy (non-hydrogen) atoms. The summed E-state index contributed by atoms with van der Waals surface area (Å²) in [5.74, 6) is -0.360. The van der Waals surface area contributed by atoms with Crippen molar-refractivity contribution in [2.45, 2.75) is 26.3 Å². The molecule has 0 amide bonds. The zero-order chi connectivity index (χ0) is 18.4. The van der Waals surface area contributed by atoms with E-state index in [1.807, 2.05) is 0 Å². The molecule has 2 aromatic rings. The molecule has 1 aromatic heterocycles. The van der Waals surface area contributed by atoms with Crippen molar-refractivity contribution in [3.05, 3.63) is 59.9 Å². The number of hydrogen-bond acceptors (Lipinski definition) is 4. The molecule has 0 aliphatic rings. The number of Topliss-reactive ketones (excluding diaryl/α,β-unsaturated/α-hetero) is 2. The Kier molecular flexibility index (Phi) is 6.16. The van der Waals surface area contributed by atoms with Gasteiger partial charge in [-0.3, -0.25) is 9.59 Å². The van der Waals surface area contributed by atoms with Crippen molar-refractivity contribution in [3.63, 3.8) is 0 Å². The Morgan fingerprint density at radius 3 is 2.68 bits per heavy atom. The van der Waals surface area contributed by atoms with E-state index in [0.717, 1.165) is 11.8 Å². The predicted octanol–water partition coefficient (Wildman–Crippen LogP) is 3.60. The van der Waals surface area contributed by atoms with Crippen LogP contribution in [0.1, 0.15) is 41.5 Å². The smallest absolute Gasteiger partial charge is 0.333 e. The molecule has 0 atom stereocenters. The number of halogens is 2. The van der Waals surface area contributed by atoms with Crippen LogP contribution in [0.4, 0.5) is 8.78 Å². The van der Waals surface area contributed by atoms with E-state index in [-0.39, 0.29) is 24.3 Å². The normalized spacial score (nSPS) is 10.7. The Balaban J connectivity index is 2.36. The molecule has 0 saturated heterocycles. The summed E-state index contributed by atoms with van der Waals surface area (Å²) in [5.41, 5.74) is 0.922. The predicted molar refractivity (Wildman–Crippen MR) is 88.0 cm³/mol. The van der Waals surface area contributed by atoms with E-state index >= 15 is 0 Å². The fourth-order valence-corrected chi connectivity index (χ4v) is 2.35. The number of nitrogens with zero attached hydrogens (tertiary/aromatic N) is 2. The lowest BCUT2D eigenvalue weighted by Gasteiger charge is -2.09. The second-order valence-electron chi connectivity index (χ2n) is 5.45. The first kappa shape index (κ1) is 18.5. The van der Waals surface area contributed by atoms with Crippen LogP contribution in [0.15, 0.2) is 43.1 Å². The second-order valence-corrected chi connectivity index (χ2v) is 5.45. The Morgan fingerprint density at radius 2 is 2.04 bits per heavy atom. The van der Waals surface area contributed by atoms with Gasteiger partial charge in [0.25, 0.3) is 0 Å². The van der Waals surface area contributed by atoms with E-state index in [9.17, 15) is 18.4 Å². The van der Waals surface area contributed by atoms with Gasteiger partial charge in [0.15, 0.2) is 5.78 Å². The number of para-hydroxylation sites is 1. The Morgan fingerprint density at radius 1 is 1.32 bits per heavy atom. The summed E-state index contributed by atoms with van der Waals surface area (Å²) in [6.45, 7) is 2.27. The Bertz CT molecular complexity index is 784. The van der Waals surface area contributed by atoms with Gasteiger partial charge in [-0.2, -0.15) is 13.9 Å². The molecule has 2 rings (SSSR count). The fourth-order valence-electron chi connectivity index (χ4n) is 2.35. The van der Waals surface area contributed by atoms with Crippen molar-refractivity contribution in [2.75, 3.05) is 6.61 Å². The fraction of sp³-hybridized carbons (Fsp3) is 0.278. The van der Waals surface area contributed by atoms with Crippen molar-refractivity contribution in [3.8, 4) is 5.75 Å². The van der Waals surface area contributed by atoms with Crippen LogP contribution in [0.25, 0.3) is 0 Å². The van der Waals surface area contributed by atoms with Crippen LogP contribution in [0, 0.1) is 0 Å². The molecule has 1 aromatic carbocycles. The lowest BCUT2D eigenvalue weighted by Crippen LogP contribution is -2.09. The minimum atomic E-state index is -2.87. The van der Waals surface area contributed by atoms with Gasteiger partial charge in [0, 0.05) is 18.2 Å². The number of alkyl halides is 2. The quantitative estimate of drug-likeness (QED) is 0.395. The highest BCUT2D eigenvalue weighted by molar-refractivity contribution is 6.07. The van der Waals surface area contributed by atoms with Crippen molar-refractivity contribution < 1.29 is 23.1 Å². The molecule has 0 aliphatic carbocycles. The van der Waals surface area contributed by atoms with E-state index < -0.39 is 12.3 Å². The largest absolute Gasteiger partial charge is 0.489 e. The average Bonchev–Trinajstić information content (AvgIpc) is 2.98. The lowest BCUT2D eigenvalue weighted by atomic mass is 10.0. The molecule has 7 heteroatoms. The van der Waals surface area contributed by atoms with E-state index in [4.69, 9.17) is 4.74 Å². The second kappa shape index (κ2) is 8.32. The first-order valence-electron chi connectivity index (χ1n) is 7.62. The van der Waals surface area contributed by atoms with Crippen molar-refractivity contribution in [2.24, 2.45) is 0 Å². The molecule has 132 valence electrons. The number of carbonyl (C=O) groups is 2. The maximum absolute atomic E-state index is 13.0. The van der Waals surface area contributed by atoms with Gasteiger partial charge in [-0.15, -0.1) is 0 Å². The van der Waals surface area contributed by atoms with Gasteiger partial charge in [0.1, 0.15) is 23.8 Å². The molecule has 5 nitrogen and oxygen atoms in total. The zero-order valence-corrected chi connectivity index (χ0v) is 13.7. The molecule has 1 heterocycles. The van der Waals surface area contributed by atoms with Gasteiger partial charge >= 0.3 is 6.55 Å². The third-order valence-electron chi connectivity index (χ3n) is 3.39. The van der Waals surface area contributed by atoms with Crippen LogP contribution >= 0.6 is 0 Å².